The highest BCUT2D eigenvalue weighted by atomic mass is 16.4. The van der Waals surface area contributed by atoms with E-state index < -0.39 is 36.4 Å². The van der Waals surface area contributed by atoms with Crippen LogP contribution < -0.4 is 16.4 Å². The molecule has 2 unspecified atom stereocenters. The largest absolute Gasteiger partial charge is 0.508 e. The number of amides is 3. The molecule has 3 amide bonds. The fraction of sp³-hybridized carbons (Fsp3) is 0.444. The lowest BCUT2D eigenvalue weighted by Gasteiger charge is -2.26. The van der Waals surface area contributed by atoms with Gasteiger partial charge in [-0.05, 0) is 30.5 Å². The Morgan fingerprint density at radius 3 is 2.50 bits per heavy atom. The van der Waals surface area contributed by atoms with Gasteiger partial charge in [0.2, 0.25) is 17.7 Å². The van der Waals surface area contributed by atoms with E-state index in [1.807, 2.05) is 0 Å². The highest BCUT2D eigenvalue weighted by Gasteiger charge is 2.35. The standard InChI is InChI=1S/C18H24N4O6/c19-9-15(24)22-7-1-2-14(22)18(28)21-13(17(27)20-10-16(25)26)8-11-3-5-12(23)6-4-11/h3-6,13-14,23H,1-2,7-10,19H2,(H,20,27)(H,21,28)(H,25,26). The van der Waals surface area contributed by atoms with Crippen molar-refractivity contribution in [2.75, 3.05) is 19.6 Å². The number of carboxylic acid groups (broad SMARTS) is 1. The van der Waals surface area contributed by atoms with Crippen molar-refractivity contribution in [1.82, 2.24) is 15.5 Å². The predicted molar refractivity (Wildman–Crippen MR) is 98.2 cm³/mol. The maximum atomic E-state index is 12.7. The van der Waals surface area contributed by atoms with Crippen LogP contribution in [0, 0.1) is 0 Å². The van der Waals surface area contributed by atoms with Crippen molar-refractivity contribution < 1.29 is 29.4 Å². The van der Waals surface area contributed by atoms with Crippen LogP contribution in [0.15, 0.2) is 24.3 Å². The van der Waals surface area contributed by atoms with E-state index >= 15 is 0 Å². The number of nitrogens with two attached hydrogens (primary N) is 1. The third kappa shape index (κ3) is 5.68. The quantitative estimate of drug-likeness (QED) is 0.362. The molecule has 0 aliphatic carbocycles. The summed E-state index contributed by atoms with van der Waals surface area (Å²) in [6, 6.07) is 4.33. The molecule has 10 heteroatoms. The number of hydrogen-bond acceptors (Lipinski definition) is 6. The molecule has 152 valence electrons. The molecule has 0 radical (unpaired) electrons. The first-order chi connectivity index (χ1) is 13.3. The third-order valence-electron chi connectivity index (χ3n) is 4.47. The number of aliphatic carboxylic acids is 1. The number of carbonyl (C=O) groups is 4. The Labute approximate surface area is 161 Å². The molecule has 1 saturated heterocycles. The minimum Gasteiger partial charge on any atom is -0.508 e. The van der Waals surface area contributed by atoms with Gasteiger partial charge in [-0.15, -0.1) is 0 Å². The first-order valence-corrected chi connectivity index (χ1v) is 8.89. The summed E-state index contributed by atoms with van der Waals surface area (Å²) >= 11 is 0. The highest BCUT2D eigenvalue weighted by Crippen LogP contribution is 2.18. The highest BCUT2D eigenvalue weighted by molar-refractivity contribution is 5.93. The van der Waals surface area contributed by atoms with Crippen molar-refractivity contribution in [3.63, 3.8) is 0 Å². The third-order valence-corrected chi connectivity index (χ3v) is 4.47. The van der Waals surface area contributed by atoms with Crippen LogP contribution in [-0.2, 0) is 25.6 Å². The average Bonchev–Trinajstić information content (AvgIpc) is 3.16. The predicted octanol–water partition coefficient (Wildman–Crippen LogP) is -1.43. The van der Waals surface area contributed by atoms with Gasteiger partial charge in [0, 0.05) is 13.0 Å². The summed E-state index contributed by atoms with van der Waals surface area (Å²) in [5.41, 5.74) is 6.04. The van der Waals surface area contributed by atoms with Crippen molar-refractivity contribution in [3.05, 3.63) is 29.8 Å². The van der Waals surface area contributed by atoms with Crippen LogP contribution >= 0.6 is 0 Å². The van der Waals surface area contributed by atoms with Gasteiger partial charge in [0.25, 0.3) is 0 Å². The Morgan fingerprint density at radius 1 is 1.21 bits per heavy atom. The fourth-order valence-corrected chi connectivity index (χ4v) is 3.09. The first kappa shape index (κ1) is 21.2. The Morgan fingerprint density at radius 2 is 1.89 bits per heavy atom. The van der Waals surface area contributed by atoms with Crippen LogP contribution in [0.25, 0.3) is 0 Å². The minimum absolute atomic E-state index is 0.0570. The Kier molecular flexibility index (Phi) is 7.33. The van der Waals surface area contributed by atoms with Crippen LogP contribution in [0.5, 0.6) is 5.75 Å². The number of rotatable bonds is 8. The average molecular weight is 392 g/mol. The molecule has 1 aromatic carbocycles. The lowest BCUT2D eigenvalue weighted by atomic mass is 10.0. The molecule has 1 aliphatic rings. The van der Waals surface area contributed by atoms with E-state index in [-0.39, 0.29) is 24.6 Å². The molecule has 6 N–H and O–H groups in total. The van der Waals surface area contributed by atoms with E-state index in [1.54, 1.807) is 12.1 Å². The van der Waals surface area contributed by atoms with Gasteiger partial charge in [0.05, 0.1) is 6.54 Å². The van der Waals surface area contributed by atoms with Crippen molar-refractivity contribution in [1.29, 1.82) is 0 Å². The molecule has 1 fully saturated rings. The first-order valence-electron chi connectivity index (χ1n) is 8.89. The van der Waals surface area contributed by atoms with Gasteiger partial charge >= 0.3 is 5.97 Å². The zero-order chi connectivity index (χ0) is 20.7. The molecule has 10 nitrogen and oxygen atoms in total. The van der Waals surface area contributed by atoms with E-state index in [9.17, 15) is 24.3 Å². The smallest absolute Gasteiger partial charge is 0.322 e. The lowest BCUT2D eigenvalue weighted by Crippen LogP contribution is -2.54. The van der Waals surface area contributed by atoms with Crippen molar-refractivity contribution in [2.24, 2.45) is 5.73 Å². The van der Waals surface area contributed by atoms with Gasteiger partial charge in [-0.1, -0.05) is 12.1 Å². The summed E-state index contributed by atoms with van der Waals surface area (Å²) in [7, 11) is 0. The number of phenols is 1. The minimum atomic E-state index is -1.21. The number of hydrogen-bond donors (Lipinski definition) is 5. The summed E-state index contributed by atoms with van der Waals surface area (Å²) in [5, 5.41) is 23.0. The molecule has 1 aliphatic heterocycles. The summed E-state index contributed by atoms with van der Waals surface area (Å²) in [6.07, 6.45) is 1.20. The number of likely N-dealkylation sites (tertiary alicyclic amines) is 1. The Hall–Kier alpha value is -3.14. The molecule has 0 saturated carbocycles. The van der Waals surface area contributed by atoms with E-state index in [1.165, 1.54) is 17.0 Å². The number of carbonyl (C=O) groups excluding carboxylic acids is 3. The maximum absolute atomic E-state index is 12.7. The number of carboxylic acids is 1. The molecule has 0 aromatic heterocycles. The monoisotopic (exact) mass is 392 g/mol. The summed E-state index contributed by atoms with van der Waals surface area (Å²) < 4.78 is 0. The lowest BCUT2D eigenvalue weighted by molar-refractivity contribution is -0.140. The Balaban J connectivity index is 2.12. The molecule has 2 rings (SSSR count). The van der Waals surface area contributed by atoms with E-state index in [4.69, 9.17) is 10.8 Å². The fourth-order valence-electron chi connectivity index (χ4n) is 3.09. The molecule has 1 heterocycles. The van der Waals surface area contributed by atoms with Gasteiger partial charge < -0.3 is 31.5 Å². The van der Waals surface area contributed by atoms with Gasteiger partial charge in [-0.2, -0.15) is 0 Å². The molecular weight excluding hydrogens is 368 g/mol. The molecule has 1 aromatic rings. The van der Waals surface area contributed by atoms with Crippen molar-refractivity contribution in [2.45, 2.75) is 31.3 Å². The summed E-state index contributed by atoms with van der Waals surface area (Å²) in [5.74, 6) is -2.64. The SMILES string of the molecule is NCC(=O)N1CCCC1C(=O)NC(Cc1ccc(O)cc1)C(=O)NCC(=O)O. The van der Waals surface area contributed by atoms with E-state index in [2.05, 4.69) is 10.6 Å². The van der Waals surface area contributed by atoms with Gasteiger partial charge in [-0.25, -0.2) is 0 Å². The van der Waals surface area contributed by atoms with Gasteiger partial charge in [0.1, 0.15) is 24.4 Å². The zero-order valence-electron chi connectivity index (χ0n) is 15.3. The van der Waals surface area contributed by atoms with Crippen LogP contribution in [0.3, 0.4) is 0 Å². The molecule has 0 spiro atoms. The second kappa shape index (κ2) is 9.70. The second-order valence-electron chi connectivity index (χ2n) is 6.49. The van der Waals surface area contributed by atoms with Crippen LogP contribution in [0.1, 0.15) is 18.4 Å². The van der Waals surface area contributed by atoms with Gasteiger partial charge in [0.15, 0.2) is 0 Å². The topological polar surface area (TPSA) is 162 Å². The van der Waals surface area contributed by atoms with Crippen LogP contribution in [0.4, 0.5) is 0 Å². The number of benzene rings is 1. The summed E-state index contributed by atoms with van der Waals surface area (Å²) in [6.45, 7) is -0.371. The van der Waals surface area contributed by atoms with Crippen molar-refractivity contribution in [3.8, 4) is 5.75 Å². The zero-order valence-corrected chi connectivity index (χ0v) is 15.3. The molecule has 2 atom stereocenters. The number of nitrogens with zero attached hydrogens (tertiary/aromatic N) is 1. The molecule has 0 bridgehead atoms. The number of nitrogens with one attached hydrogen (secondary N) is 2. The normalized spacial score (nSPS) is 17.0. The maximum Gasteiger partial charge on any atom is 0.322 e. The van der Waals surface area contributed by atoms with Crippen LogP contribution in [-0.4, -0.2) is 70.5 Å². The number of phenolic OH excluding ortho intramolecular Hbond substituents is 1. The Bertz CT molecular complexity index is 736. The molecule has 28 heavy (non-hydrogen) atoms. The second-order valence-corrected chi connectivity index (χ2v) is 6.49. The van der Waals surface area contributed by atoms with Crippen molar-refractivity contribution >= 4 is 23.7 Å². The molecular formula is C18H24N4O6. The number of aromatic hydroxyl groups is 1. The van der Waals surface area contributed by atoms with E-state index in [0.29, 0.717) is 24.9 Å². The summed E-state index contributed by atoms with van der Waals surface area (Å²) in [4.78, 5) is 49.1. The van der Waals surface area contributed by atoms with Gasteiger partial charge in [-0.3, -0.25) is 19.2 Å². The van der Waals surface area contributed by atoms with E-state index in [0.717, 1.165) is 0 Å². The van der Waals surface area contributed by atoms with Crippen LogP contribution in [0.2, 0.25) is 0 Å².